The molecule has 1 heterocycles. The first kappa shape index (κ1) is 27.2. The first-order valence-corrected chi connectivity index (χ1v) is 12.8. The molecule has 3 aromatic rings. The first-order valence-electron chi connectivity index (χ1n) is 12.4. The molecule has 1 unspecified atom stereocenters. The number of ether oxygens (including phenoxy) is 1. The van der Waals surface area contributed by atoms with Crippen LogP contribution in [0.5, 0.6) is 5.75 Å². The fraction of sp³-hybridized carbons (Fsp3) is 0.276. The number of hydrogen-bond donors (Lipinski definition) is 2. The zero-order valence-corrected chi connectivity index (χ0v) is 22.4. The molecule has 0 bridgehead atoms. The predicted molar refractivity (Wildman–Crippen MR) is 149 cm³/mol. The number of carbonyl (C=O) groups is 3. The number of carbonyl (C=O) groups excluding carboxylic acids is 3. The Hall–Kier alpha value is -3.88. The highest BCUT2D eigenvalue weighted by atomic mass is 35.5. The molecule has 3 amide bonds. The molecule has 0 aliphatic carbocycles. The summed E-state index contributed by atoms with van der Waals surface area (Å²) in [6.45, 7) is 2.91. The molecular formula is C29H31ClN4O4. The van der Waals surface area contributed by atoms with Crippen LogP contribution in [0, 0.1) is 6.92 Å². The molecule has 1 aliphatic rings. The van der Waals surface area contributed by atoms with Gasteiger partial charge in [0.25, 0.3) is 11.8 Å². The number of nitrogens with one attached hydrogen (secondary N) is 2. The molecule has 38 heavy (non-hydrogen) atoms. The highest BCUT2D eigenvalue weighted by Crippen LogP contribution is 2.39. The highest BCUT2D eigenvalue weighted by Gasteiger charge is 2.34. The number of nitrogens with zero attached hydrogens (tertiary/aromatic N) is 2. The summed E-state index contributed by atoms with van der Waals surface area (Å²) in [6, 6.07) is 19.0. The third-order valence-electron chi connectivity index (χ3n) is 6.42. The van der Waals surface area contributed by atoms with E-state index in [1.165, 1.54) is 0 Å². The SMILES string of the molecule is CNCCN(C)C(=O)c1ccc2c(c1)NC(=O)CC(c1ccc(C)cc1)N2C(=O)COc1ccc(Cl)cc1. The van der Waals surface area contributed by atoms with Crippen molar-refractivity contribution in [1.82, 2.24) is 10.2 Å². The van der Waals surface area contributed by atoms with Crippen molar-refractivity contribution in [2.75, 3.05) is 44.0 Å². The number of likely N-dealkylation sites (N-methyl/N-ethyl adjacent to an activating group) is 2. The summed E-state index contributed by atoms with van der Waals surface area (Å²) in [4.78, 5) is 42.9. The molecule has 2 N–H and O–H groups in total. The van der Waals surface area contributed by atoms with Gasteiger partial charge in [-0.3, -0.25) is 19.3 Å². The fourth-order valence-corrected chi connectivity index (χ4v) is 4.45. The van der Waals surface area contributed by atoms with E-state index in [1.807, 2.05) is 38.2 Å². The Bertz CT molecular complexity index is 1310. The topological polar surface area (TPSA) is 91.0 Å². The number of amides is 3. The van der Waals surface area contributed by atoms with Crippen LogP contribution in [0.4, 0.5) is 11.4 Å². The van der Waals surface area contributed by atoms with Gasteiger partial charge >= 0.3 is 0 Å². The van der Waals surface area contributed by atoms with Crippen molar-refractivity contribution < 1.29 is 19.1 Å². The van der Waals surface area contributed by atoms with Crippen LogP contribution in [-0.2, 0) is 9.59 Å². The molecular weight excluding hydrogens is 504 g/mol. The van der Waals surface area contributed by atoms with Crippen molar-refractivity contribution in [3.05, 3.63) is 88.4 Å². The lowest BCUT2D eigenvalue weighted by atomic mass is 9.99. The zero-order chi connectivity index (χ0) is 27.2. The van der Waals surface area contributed by atoms with Crippen LogP contribution in [0.25, 0.3) is 0 Å². The summed E-state index contributed by atoms with van der Waals surface area (Å²) in [5.74, 6) is -0.252. The van der Waals surface area contributed by atoms with Crippen LogP contribution in [0.15, 0.2) is 66.7 Å². The Kier molecular flexibility index (Phi) is 8.66. The number of aryl methyl sites for hydroxylation is 1. The van der Waals surface area contributed by atoms with Gasteiger partial charge in [-0.15, -0.1) is 0 Å². The summed E-state index contributed by atoms with van der Waals surface area (Å²) in [5.41, 5.74) is 3.21. The van der Waals surface area contributed by atoms with Crippen molar-refractivity contribution in [2.24, 2.45) is 0 Å². The summed E-state index contributed by atoms with van der Waals surface area (Å²) in [6.07, 6.45) is 0.0514. The quantitative estimate of drug-likeness (QED) is 0.446. The summed E-state index contributed by atoms with van der Waals surface area (Å²) in [7, 11) is 3.55. The minimum atomic E-state index is -0.557. The van der Waals surface area contributed by atoms with Crippen LogP contribution in [0.1, 0.15) is 33.9 Å². The summed E-state index contributed by atoms with van der Waals surface area (Å²) >= 11 is 5.96. The van der Waals surface area contributed by atoms with E-state index in [0.717, 1.165) is 11.1 Å². The van der Waals surface area contributed by atoms with Gasteiger partial charge in [0.2, 0.25) is 5.91 Å². The molecule has 9 heteroatoms. The van der Waals surface area contributed by atoms with Gasteiger partial charge in [0.15, 0.2) is 6.61 Å². The van der Waals surface area contributed by atoms with Crippen LogP contribution < -0.4 is 20.3 Å². The van der Waals surface area contributed by atoms with E-state index < -0.39 is 6.04 Å². The standard InChI is InChI=1S/C29H31ClN4O4/c1-19-4-6-20(7-5-19)26-17-27(35)32-24-16-21(29(37)33(3)15-14-31-2)8-13-25(24)34(26)28(36)18-38-23-11-9-22(30)10-12-23/h4-13,16,26,31H,14-15,17-18H2,1-3H3,(H,32,35). The van der Waals surface area contributed by atoms with E-state index in [0.29, 0.717) is 40.8 Å². The number of anilines is 2. The van der Waals surface area contributed by atoms with Gasteiger partial charge in [-0.25, -0.2) is 0 Å². The lowest BCUT2D eigenvalue weighted by Crippen LogP contribution is -2.38. The molecule has 0 saturated carbocycles. The van der Waals surface area contributed by atoms with Gasteiger partial charge in [0, 0.05) is 30.7 Å². The van der Waals surface area contributed by atoms with Crippen molar-refractivity contribution in [1.29, 1.82) is 0 Å². The lowest BCUT2D eigenvalue weighted by Gasteiger charge is -2.31. The fourth-order valence-electron chi connectivity index (χ4n) is 4.33. The van der Waals surface area contributed by atoms with E-state index >= 15 is 0 Å². The monoisotopic (exact) mass is 534 g/mol. The van der Waals surface area contributed by atoms with Crippen molar-refractivity contribution >= 4 is 40.7 Å². The van der Waals surface area contributed by atoms with E-state index in [2.05, 4.69) is 10.6 Å². The normalized spacial score (nSPS) is 14.8. The van der Waals surface area contributed by atoms with E-state index in [1.54, 1.807) is 59.3 Å². The molecule has 0 saturated heterocycles. The maximum Gasteiger partial charge on any atom is 0.265 e. The number of fused-ring (bicyclic) bond motifs is 1. The highest BCUT2D eigenvalue weighted by molar-refractivity contribution is 6.30. The Morgan fingerprint density at radius 1 is 1.11 bits per heavy atom. The maximum absolute atomic E-state index is 13.7. The second-order valence-electron chi connectivity index (χ2n) is 9.25. The molecule has 4 rings (SSSR count). The third-order valence-corrected chi connectivity index (χ3v) is 6.67. The Morgan fingerprint density at radius 3 is 2.50 bits per heavy atom. The second kappa shape index (κ2) is 12.1. The maximum atomic E-state index is 13.7. The van der Waals surface area contributed by atoms with E-state index in [-0.39, 0.29) is 30.7 Å². The average Bonchev–Trinajstić information content (AvgIpc) is 3.06. The van der Waals surface area contributed by atoms with Gasteiger partial charge in [-0.2, -0.15) is 0 Å². The van der Waals surface area contributed by atoms with Gasteiger partial charge in [-0.1, -0.05) is 41.4 Å². The largest absolute Gasteiger partial charge is 0.484 e. The van der Waals surface area contributed by atoms with Gasteiger partial charge in [-0.05, 0) is 62.0 Å². The van der Waals surface area contributed by atoms with Crippen LogP contribution in [-0.4, -0.2) is 56.4 Å². The van der Waals surface area contributed by atoms with E-state index in [9.17, 15) is 14.4 Å². The molecule has 1 aliphatic heterocycles. The van der Waals surface area contributed by atoms with Crippen molar-refractivity contribution in [3.63, 3.8) is 0 Å². The number of halogens is 1. The van der Waals surface area contributed by atoms with Gasteiger partial charge in [0.05, 0.1) is 23.8 Å². The number of rotatable bonds is 8. The Balaban J connectivity index is 1.70. The minimum absolute atomic E-state index is 0.0514. The number of hydrogen-bond acceptors (Lipinski definition) is 5. The van der Waals surface area contributed by atoms with E-state index in [4.69, 9.17) is 16.3 Å². The number of benzene rings is 3. The Morgan fingerprint density at radius 2 is 1.82 bits per heavy atom. The second-order valence-corrected chi connectivity index (χ2v) is 9.68. The van der Waals surface area contributed by atoms with Gasteiger partial charge < -0.3 is 20.3 Å². The zero-order valence-electron chi connectivity index (χ0n) is 21.7. The molecule has 198 valence electrons. The average molecular weight is 535 g/mol. The Labute approximate surface area is 227 Å². The molecule has 0 aromatic heterocycles. The molecule has 1 atom stereocenters. The molecule has 0 spiro atoms. The molecule has 3 aromatic carbocycles. The summed E-state index contributed by atoms with van der Waals surface area (Å²) < 4.78 is 5.77. The van der Waals surface area contributed by atoms with Crippen LogP contribution >= 0.6 is 11.6 Å². The minimum Gasteiger partial charge on any atom is -0.484 e. The lowest BCUT2D eigenvalue weighted by molar-refractivity contribution is -0.121. The summed E-state index contributed by atoms with van der Waals surface area (Å²) in [5, 5.41) is 6.49. The van der Waals surface area contributed by atoms with Crippen LogP contribution in [0.3, 0.4) is 0 Å². The molecule has 0 fully saturated rings. The van der Waals surface area contributed by atoms with Crippen molar-refractivity contribution in [2.45, 2.75) is 19.4 Å². The first-order chi connectivity index (χ1) is 18.3. The van der Waals surface area contributed by atoms with Gasteiger partial charge in [0.1, 0.15) is 5.75 Å². The molecule has 0 radical (unpaired) electrons. The van der Waals surface area contributed by atoms with Crippen LogP contribution in [0.2, 0.25) is 5.02 Å². The predicted octanol–water partition coefficient (Wildman–Crippen LogP) is 4.44. The third kappa shape index (κ3) is 6.33. The molecule has 8 nitrogen and oxygen atoms in total. The smallest absolute Gasteiger partial charge is 0.265 e. The van der Waals surface area contributed by atoms with Crippen molar-refractivity contribution in [3.8, 4) is 5.75 Å².